The van der Waals surface area contributed by atoms with Gasteiger partial charge in [-0.2, -0.15) is 0 Å². The van der Waals surface area contributed by atoms with E-state index in [9.17, 15) is 14.7 Å². The summed E-state index contributed by atoms with van der Waals surface area (Å²) in [6.45, 7) is 10.7. The average Bonchev–Trinajstić information content (AvgIpc) is 3.45. The van der Waals surface area contributed by atoms with E-state index in [1.807, 2.05) is 48.5 Å². The number of Topliss-reactive ketones (excluding diaryl/α,β-unsaturated/α-hetero) is 1. The van der Waals surface area contributed by atoms with Gasteiger partial charge < -0.3 is 14.6 Å². The van der Waals surface area contributed by atoms with E-state index in [-0.39, 0.29) is 23.5 Å². The highest BCUT2D eigenvalue weighted by Gasteiger charge is 2.47. The Kier molecular flexibility index (Phi) is 6.06. The number of hydrogen-bond acceptors (Lipinski definition) is 5. The maximum Gasteiger partial charge on any atom is 0.300 e. The Hall–Kier alpha value is -4.06. The Morgan fingerprint density at radius 2 is 1.57 bits per heavy atom. The van der Waals surface area contributed by atoms with E-state index in [1.54, 1.807) is 18.2 Å². The molecule has 3 aromatic carbocycles. The van der Waals surface area contributed by atoms with Gasteiger partial charge in [0.15, 0.2) is 11.5 Å². The monoisotopic (exact) mass is 497 g/mol. The van der Waals surface area contributed by atoms with Crippen molar-refractivity contribution in [2.75, 3.05) is 11.7 Å². The van der Waals surface area contributed by atoms with Crippen LogP contribution in [0.15, 0.2) is 72.3 Å². The first-order chi connectivity index (χ1) is 17.6. The molecule has 0 saturated carbocycles. The SMILES string of the molecule is CC(C)c1ccc(N2C(=O)C(=O)/C(=C(\O)c3ccc4c(c3)OCO4)C2c2ccc(C(C)(C)C)cc2)cc1. The van der Waals surface area contributed by atoms with E-state index in [2.05, 4.69) is 34.6 Å². The van der Waals surface area contributed by atoms with Crippen LogP contribution >= 0.6 is 0 Å². The van der Waals surface area contributed by atoms with Crippen molar-refractivity contribution in [3.8, 4) is 11.5 Å². The van der Waals surface area contributed by atoms with Gasteiger partial charge in [-0.3, -0.25) is 14.5 Å². The Morgan fingerprint density at radius 3 is 2.19 bits per heavy atom. The Bertz CT molecular complexity index is 1400. The van der Waals surface area contributed by atoms with E-state index in [0.29, 0.717) is 28.7 Å². The van der Waals surface area contributed by atoms with Crippen molar-refractivity contribution in [3.63, 3.8) is 0 Å². The summed E-state index contributed by atoms with van der Waals surface area (Å²) in [7, 11) is 0. The van der Waals surface area contributed by atoms with Crippen molar-refractivity contribution in [1.82, 2.24) is 0 Å². The van der Waals surface area contributed by atoms with E-state index in [4.69, 9.17) is 9.47 Å². The zero-order valence-electron chi connectivity index (χ0n) is 21.7. The molecule has 190 valence electrons. The molecule has 6 heteroatoms. The average molecular weight is 498 g/mol. The summed E-state index contributed by atoms with van der Waals surface area (Å²) in [6, 6.07) is 19.7. The van der Waals surface area contributed by atoms with Gasteiger partial charge in [-0.05, 0) is 58.4 Å². The highest BCUT2D eigenvalue weighted by Crippen LogP contribution is 2.44. The first-order valence-electron chi connectivity index (χ1n) is 12.5. The van der Waals surface area contributed by atoms with E-state index in [0.717, 1.165) is 16.7 Å². The molecule has 5 rings (SSSR count). The minimum Gasteiger partial charge on any atom is -0.507 e. The lowest BCUT2D eigenvalue weighted by molar-refractivity contribution is -0.132. The fourth-order valence-corrected chi connectivity index (χ4v) is 4.80. The first-order valence-corrected chi connectivity index (χ1v) is 12.5. The predicted octanol–water partition coefficient (Wildman–Crippen LogP) is 6.46. The number of amides is 1. The summed E-state index contributed by atoms with van der Waals surface area (Å²) in [4.78, 5) is 28.4. The molecular formula is C31H31NO5. The van der Waals surface area contributed by atoms with Crippen LogP contribution in [0.5, 0.6) is 11.5 Å². The van der Waals surface area contributed by atoms with Crippen molar-refractivity contribution in [3.05, 3.63) is 94.6 Å². The molecule has 0 radical (unpaired) electrons. The molecule has 1 atom stereocenters. The normalized spacial score (nSPS) is 18.6. The van der Waals surface area contributed by atoms with Crippen LogP contribution in [0.3, 0.4) is 0 Å². The van der Waals surface area contributed by atoms with E-state index >= 15 is 0 Å². The molecule has 3 aromatic rings. The number of aliphatic hydroxyl groups excluding tert-OH is 1. The van der Waals surface area contributed by atoms with Gasteiger partial charge in [0.05, 0.1) is 11.6 Å². The summed E-state index contributed by atoms with van der Waals surface area (Å²) in [5, 5.41) is 11.4. The maximum atomic E-state index is 13.5. The predicted molar refractivity (Wildman–Crippen MR) is 143 cm³/mol. The molecule has 1 N–H and O–H groups in total. The summed E-state index contributed by atoms with van der Waals surface area (Å²) in [5.41, 5.74) is 3.97. The fourth-order valence-electron chi connectivity index (χ4n) is 4.80. The van der Waals surface area contributed by atoms with Crippen LogP contribution in [-0.2, 0) is 15.0 Å². The highest BCUT2D eigenvalue weighted by molar-refractivity contribution is 6.51. The van der Waals surface area contributed by atoms with Gasteiger partial charge in [0.25, 0.3) is 11.7 Å². The summed E-state index contributed by atoms with van der Waals surface area (Å²) >= 11 is 0. The summed E-state index contributed by atoms with van der Waals surface area (Å²) in [6.07, 6.45) is 0. The highest BCUT2D eigenvalue weighted by atomic mass is 16.7. The fraction of sp³-hybridized carbons (Fsp3) is 0.290. The largest absolute Gasteiger partial charge is 0.507 e. The van der Waals surface area contributed by atoms with Crippen LogP contribution in [0.2, 0.25) is 0 Å². The van der Waals surface area contributed by atoms with Gasteiger partial charge >= 0.3 is 0 Å². The molecular weight excluding hydrogens is 466 g/mol. The second kappa shape index (κ2) is 9.11. The van der Waals surface area contributed by atoms with Crippen molar-refractivity contribution in [2.45, 2.75) is 52.0 Å². The lowest BCUT2D eigenvalue weighted by atomic mass is 9.85. The molecule has 0 aliphatic carbocycles. The minimum atomic E-state index is -0.788. The van der Waals surface area contributed by atoms with Crippen LogP contribution in [0.25, 0.3) is 5.76 Å². The smallest absolute Gasteiger partial charge is 0.300 e. The van der Waals surface area contributed by atoms with Gasteiger partial charge in [0, 0.05) is 11.3 Å². The number of nitrogens with zero attached hydrogens (tertiary/aromatic N) is 1. The second-order valence-electron chi connectivity index (χ2n) is 10.9. The van der Waals surface area contributed by atoms with Crippen molar-refractivity contribution in [2.24, 2.45) is 0 Å². The molecule has 37 heavy (non-hydrogen) atoms. The van der Waals surface area contributed by atoms with Crippen molar-refractivity contribution in [1.29, 1.82) is 0 Å². The van der Waals surface area contributed by atoms with Gasteiger partial charge in [-0.15, -0.1) is 0 Å². The third-order valence-corrected chi connectivity index (χ3v) is 7.02. The van der Waals surface area contributed by atoms with E-state index in [1.165, 1.54) is 4.90 Å². The number of hydrogen-bond donors (Lipinski definition) is 1. The molecule has 2 aliphatic rings. The molecule has 1 fully saturated rings. The third-order valence-electron chi connectivity index (χ3n) is 7.02. The zero-order valence-corrected chi connectivity index (χ0v) is 21.7. The number of aliphatic hydroxyl groups is 1. The molecule has 0 bridgehead atoms. The number of benzene rings is 3. The van der Waals surface area contributed by atoms with Gasteiger partial charge in [0.2, 0.25) is 6.79 Å². The van der Waals surface area contributed by atoms with Gasteiger partial charge in [0.1, 0.15) is 5.76 Å². The number of carbonyl (C=O) groups is 2. The van der Waals surface area contributed by atoms with Crippen LogP contribution in [0.1, 0.15) is 68.8 Å². The number of fused-ring (bicyclic) bond motifs is 1. The zero-order chi connectivity index (χ0) is 26.5. The van der Waals surface area contributed by atoms with Crippen LogP contribution < -0.4 is 14.4 Å². The first kappa shape index (κ1) is 24.6. The molecule has 1 amide bonds. The van der Waals surface area contributed by atoms with Gasteiger partial charge in [-0.1, -0.05) is 71.0 Å². The lowest BCUT2D eigenvalue weighted by Crippen LogP contribution is -2.29. The number of rotatable bonds is 4. The topological polar surface area (TPSA) is 76.1 Å². The summed E-state index contributed by atoms with van der Waals surface area (Å²) < 4.78 is 10.8. The maximum absolute atomic E-state index is 13.5. The molecule has 2 aliphatic heterocycles. The minimum absolute atomic E-state index is 0.0420. The number of carbonyl (C=O) groups excluding carboxylic acids is 2. The Balaban J connectivity index is 1.67. The second-order valence-corrected chi connectivity index (χ2v) is 10.9. The van der Waals surface area contributed by atoms with E-state index < -0.39 is 17.7 Å². The van der Waals surface area contributed by atoms with Crippen LogP contribution in [0, 0.1) is 0 Å². The van der Waals surface area contributed by atoms with Crippen molar-refractivity contribution >= 4 is 23.1 Å². The Labute approximate surface area is 217 Å². The van der Waals surface area contributed by atoms with Crippen molar-refractivity contribution < 1.29 is 24.2 Å². The molecule has 1 saturated heterocycles. The summed E-state index contributed by atoms with van der Waals surface area (Å²) in [5.74, 6) is -0.276. The third kappa shape index (κ3) is 4.37. The quantitative estimate of drug-likeness (QED) is 0.254. The van der Waals surface area contributed by atoms with Crippen LogP contribution in [0.4, 0.5) is 5.69 Å². The molecule has 1 unspecified atom stereocenters. The Morgan fingerprint density at radius 1 is 0.919 bits per heavy atom. The number of anilines is 1. The molecule has 6 nitrogen and oxygen atoms in total. The molecule has 2 heterocycles. The standard InChI is InChI=1S/C31H31NO5/c1-18(2)19-8-13-23(14-9-19)32-27(20-6-11-22(12-7-20)31(3,4)5)26(29(34)30(32)35)28(33)21-10-15-24-25(16-21)37-17-36-24/h6-16,18,27,33H,17H2,1-5H3/b28-26-. The lowest BCUT2D eigenvalue weighted by Gasteiger charge is -2.27. The number of ketones is 1. The number of ether oxygens (including phenoxy) is 2. The molecule has 0 spiro atoms. The van der Waals surface area contributed by atoms with Gasteiger partial charge in [-0.25, -0.2) is 0 Å². The molecule has 0 aromatic heterocycles. The van der Waals surface area contributed by atoms with Crippen LogP contribution in [-0.4, -0.2) is 23.6 Å².